The van der Waals surface area contributed by atoms with E-state index < -0.39 is 9.83 Å². The molecule has 0 N–H and O–H groups in total. The van der Waals surface area contributed by atoms with E-state index in [1.807, 2.05) is 60.7 Å². The van der Waals surface area contributed by atoms with Crippen molar-refractivity contribution < 1.29 is 4.21 Å². The van der Waals surface area contributed by atoms with Gasteiger partial charge in [-0.25, -0.2) is 4.21 Å². The first-order chi connectivity index (χ1) is 7.86. The van der Waals surface area contributed by atoms with Crippen molar-refractivity contribution >= 4 is 20.6 Å². The Morgan fingerprint density at radius 2 is 1.44 bits per heavy atom. The van der Waals surface area contributed by atoms with Gasteiger partial charge in [0.25, 0.3) is 0 Å². The van der Waals surface area contributed by atoms with Gasteiger partial charge in [0.1, 0.15) is 0 Å². The predicted octanol–water partition coefficient (Wildman–Crippen LogP) is 3.64. The maximum atomic E-state index is 11.0. The molecule has 2 aromatic rings. The molecule has 3 heteroatoms. The highest BCUT2D eigenvalue weighted by Gasteiger charge is 2.16. The normalized spacial score (nSPS) is 17.1. The van der Waals surface area contributed by atoms with Crippen LogP contribution in [0.2, 0.25) is 0 Å². The van der Waals surface area contributed by atoms with E-state index in [1.165, 1.54) is 21.3 Å². The Morgan fingerprint density at radius 3 is 2.00 bits per heavy atom. The second-order valence-corrected chi connectivity index (χ2v) is 6.41. The number of fused-ring (bicyclic) bond motifs is 1. The maximum Gasteiger partial charge on any atom is 0.0897 e. The van der Waals surface area contributed by atoms with Gasteiger partial charge >= 0.3 is 0 Å². The standard InChI is InChI=1S/C7H6OS2.C6H6/c8-10-5-6-3-1-2-4-7(6)9-10;1-2-4-6-5-3-1/h1-4H,5H2;1-6H. The molecule has 0 aliphatic carbocycles. The van der Waals surface area contributed by atoms with Crippen molar-refractivity contribution in [2.75, 3.05) is 0 Å². The summed E-state index contributed by atoms with van der Waals surface area (Å²) >= 11 is 0. The molecule has 0 amide bonds. The van der Waals surface area contributed by atoms with E-state index in [0.29, 0.717) is 0 Å². The van der Waals surface area contributed by atoms with Gasteiger partial charge in [-0.05, 0) is 22.4 Å². The van der Waals surface area contributed by atoms with Gasteiger partial charge in [-0.2, -0.15) is 0 Å². The first kappa shape index (κ1) is 11.4. The molecule has 0 aromatic heterocycles. The van der Waals surface area contributed by atoms with E-state index >= 15 is 0 Å². The summed E-state index contributed by atoms with van der Waals surface area (Å²) in [6.45, 7) is 0. The van der Waals surface area contributed by atoms with Gasteiger partial charge in [0, 0.05) is 4.90 Å². The molecule has 1 nitrogen and oxygen atoms in total. The second-order valence-electron chi connectivity index (χ2n) is 3.29. The van der Waals surface area contributed by atoms with E-state index in [0.717, 1.165) is 5.75 Å². The zero-order valence-electron chi connectivity index (χ0n) is 8.71. The molecule has 3 rings (SSSR count). The molecule has 1 unspecified atom stereocenters. The molecule has 16 heavy (non-hydrogen) atoms. The van der Waals surface area contributed by atoms with Crippen molar-refractivity contribution in [2.45, 2.75) is 10.6 Å². The topological polar surface area (TPSA) is 17.1 Å². The third kappa shape index (κ3) is 3.22. The largest absolute Gasteiger partial charge is 0.247 e. The van der Waals surface area contributed by atoms with Crippen LogP contribution in [0.5, 0.6) is 0 Å². The van der Waals surface area contributed by atoms with Crippen molar-refractivity contribution in [3.05, 3.63) is 66.2 Å². The van der Waals surface area contributed by atoms with Crippen LogP contribution in [0.25, 0.3) is 0 Å². The number of hydrogen-bond acceptors (Lipinski definition) is 2. The van der Waals surface area contributed by atoms with Crippen LogP contribution >= 0.6 is 10.8 Å². The Morgan fingerprint density at radius 1 is 0.875 bits per heavy atom. The molecule has 1 aliphatic rings. The zero-order valence-corrected chi connectivity index (χ0v) is 10.3. The summed E-state index contributed by atoms with van der Waals surface area (Å²) in [5.41, 5.74) is 1.23. The molecule has 2 aromatic carbocycles. The van der Waals surface area contributed by atoms with Gasteiger partial charge in [0.15, 0.2) is 0 Å². The molecule has 1 atom stereocenters. The third-order valence-electron chi connectivity index (χ3n) is 2.10. The lowest BCUT2D eigenvalue weighted by molar-refractivity contribution is 0.692. The van der Waals surface area contributed by atoms with Gasteiger partial charge in [0.05, 0.1) is 15.6 Å². The Labute approximate surface area is 102 Å². The lowest BCUT2D eigenvalue weighted by atomic mass is 10.2. The van der Waals surface area contributed by atoms with E-state index in [9.17, 15) is 4.21 Å². The molecule has 82 valence electrons. The number of benzene rings is 2. The van der Waals surface area contributed by atoms with Crippen molar-refractivity contribution in [1.29, 1.82) is 0 Å². The Kier molecular flexibility index (Phi) is 4.19. The Balaban J connectivity index is 0.000000138. The maximum absolute atomic E-state index is 11.0. The van der Waals surface area contributed by atoms with Gasteiger partial charge < -0.3 is 0 Å². The summed E-state index contributed by atoms with van der Waals surface area (Å²) in [5.74, 6) is 0.723. The van der Waals surface area contributed by atoms with Crippen LogP contribution in [0.1, 0.15) is 5.56 Å². The summed E-state index contributed by atoms with van der Waals surface area (Å²) in [4.78, 5) is 1.18. The van der Waals surface area contributed by atoms with Crippen molar-refractivity contribution in [3.63, 3.8) is 0 Å². The van der Waals surface area contributed by atoms with Crippen LogP contribution in [-0.4, -0.2) is 4.21 Å². The minimum Gasteiger partial charge on any atom is -0.247 e. The predicted molar refractivity (Wildman–Crippen MR) is 70.6 cm³/mol. The molecule has 1 heterocycles. The van der Waals surface area contributed by atoms with E-state index in [4.69, 9.17) is 0 Å². The molecular weight excluding hydrogens is 236 g/mol. The Hall–Kier alpha value is -1.06. The zero-order chi connectivity index (χ0) is 11.2. The van der Waals surface area contributed by atoms with Gasteiger partial charge in [0.2, 0.25) is 0 Å². The summed E-state index contributed by atoms with van der Waals surface area (Å²) in [5, 5.41) is 0. The fraction of sp³-hybridized carbons (Fsp3) is 0.0769. The number of hydrogen-bond donors (Lipinski definition) is 0. The lowest BCUT2D eigenvalue weighted by Crippen LogP contribution is -1.78. The second kappa shape index (κ2) is 5.87. The fourth-order valence-electron chi connectivity index (χ4n) is 1.35. The van der Waals surface area contributed by atoms with E-state index in [1.54, 1.807) is 0 Å². The third-order valence-corrected chi connectivity index (χ3v) is 4.86. The van der Waals surface area contributed by atoms with Gasteiger partial charge in [-0.3, -0.25) is 0 Å². The summed E-state index contributed by atoms with van der Waals surface area (Å²) in [6.07, 6.45) is 0. The van der Waals surface area contributed by atoms with Gasteiger partial charge in [-0.1, -0.05) is 54.6 Å². The smallest absolute Gasteiger partial charge is 0.0897 e. The van der Waals surface area contributed by atoms with Crippen LogP contribution in [0.3, 0.4) is 0 Å². The summed E-state index contributed by atoms with van der Waals surface area (Å²) < 4.78 is 11.0. The van der Waals surface area contributed by atoms with E-state index in [-0.39, 0.29) is 0 Å². The van der Waals surface area contributed by atoms with Crippen LogP contribution in [0.4, 0.5) is 0 Å². The van der Waals surface area contributed by atoms with Crippen molar-refractivity contribution in [1.82, 2.24) is 0 Å². The minimum absolute atomic E-state index is 0.703. The fourth-order valence-corrected chi connectivity index (χ4v) is 4.23. The molecular formula is C13H12OS2. The molecule has 1 aliphatic heterocycles. The van der Waals surface area contributed by atoms with Crippen LogP contribution in [-0.2, 0) is 15.6 Å². The average molecular weight is 248 g/mol. The van der Waals surface area contributed by atoms with Crippen LogP contribution in [0, 0.1) is 0 Å². The molecule has 0 saturated carbocycles. The molecule has 0 radical (unpaired) electrons. The highest BCUT2D eigenvalue weighted by Crippen LogP contribution is 2.34. The monoisotopic (exact) mass is 248 g/mol. The summed E-state index contributed by atoms with van der Waals surface area (Å²) in [6, 6.07) is 20.0. The Bertz CT molecular complexity index is 415. The SMILES string of the molecule is O=S1Cc2ccccc2S1.c1ccccc1. The molecule has 0 fully saturated rings. The lowest BCUT2D eigenvalue weighted by Gasteiger charge is -1.90. The van der Waals surface area contributed by atoms with Gasteiger partial charge in [-0.15, -0.1) is 0 Å². The molecule has 0 bridgehead atoms. The van der Waals surface area contributed by atoms with E-state index in [2.05, 4.69) is 0 Å². The number of rotatable bonds is 0. The minimum atomic E-state index is -0.703. The highest BCUT2D eigenvalue weighted by molar-refractivity contribution is 8.69. The molecule has 0 spiro atoms. The van der Waals surface area contributed by atoms with Crippen LogP contribution < -0.4 is 0 Å². The quantitative estimate of drug-likeness (QED) is 0.662. The molecule has 0 saturated heterocycles. The first-order valence-corrected chi connectivity index (χ1v) is 7.66. The van der Waals surface area contributed by atoms with Crippen molar-refractivity contribution in [3.8, 4) is 0 Å². The average Bonchev–Trinajstić information content (AvgIpc) is 2.72. The highest BCUT2D eigenvalue weighted by atomic mass is 33.1. The first-order valence-electron chi connectivity index (χ1n) is 5.01. The van der Waals surface area contributed by atoms with Crippen LogP contribution in [0.15, 0.2) is 65.6 Å². The van der Waals surface area contributed by atoms with Crippen molar-refractivity contribution in [2.24, 2.45) is 0 Å². The summed E-state index contributed by atoms with van der Waals surface area (Å²) in [7, 11) is 0.761.